The quantitative estimate of drug-likeness (QED) is 0.793. The van der Waals surface area contributed by atoms with E-state index in [9.17, 15) is 18.8 Å². The molecule has 2 heterocycles. The molecule has 1 atom stereocenters. The number of amides is 3. The van der Waals surface area contributed by atoms with E-state index in [1.54, 1.807) is 26.8 Å². The van der Waals surface area contributed by atoms with Crippen LogP contribution in [0.4, 0.5) is 25.4 Å². The molecule has 8 nitrogen and oxygen atoms in total. The summed E-state index contributed by atoms with van der Waals surface area (Å²) in [5, 5.41) is 2.57. The number of benzene rings is 1. The number of hydrogen-bond acceptors (Lipinski definition) is 5. The van der Waals surface area contributed by atoms with Gasteiger partial charge in [-0.1, -0.05) is 0 Å². The fourth-order valence-electron chi connectivity index (χ4n) is 3.72. The molecule has 0 spiro atoms. The van der Waals surface area contributed by atoms with Gasteiger partial charge in [0.25, 0.3) is 0 Å². The van der Waals surface area contributed by atoms with E-state index in [0.717, 1.165) is 12.8 Å². The summed E-state index contributed by atoms with van der Waals surface area (Å²) in [6.45, 7) is 6.05. The molecule has 0 radical (unpaired) electrons. The van der Waals surface area contributed by atoms with Gasteiger partial charge in [0.15, 0.2) is 0 Å². The lowest BCUT2D eigenvalue weighted by molar-refractivity contribution is -0.117. The maximum Gasteiger partial charge on any atom is 0.414 e. The van der Waals surface area contributed by atoms with Crippen LogP contribution in [0.5, 0.6) is 0 Å². The first-order valence-corrected chi connectivity index (χ1v) is 10.2. The zero-order chi connectivity index (χ0) is 21.6. The largest absolute Gasteiger partial charge is 0.444 e. The molecule has 0 aromatic heterocycles. The molecule has 1 aromatic rings. The number of rotatable bonds is 5. The van der Waals surface area contributed by atoms with Crippen LogP contribution in [0, 0.1) is 11.7 Å². The highest BCUT2D eigenvalue weighted by Gasteiger charge is 2.38. The van der Waals surface area contributed by atoms with Crippen LogP contribution in [0.1, 0.15) is 39.2 Å². The van der Waals surface area contributed by atoms with Crippen LogP contribution >= 0.6 is 0 Å². The predicted molar refractivity (Wildman–Crippen MR) is 107 cm³/mol. The SMILES string of the molecule is CC(C)(C)OC(=O)NC[C@H]1CN(c2cc(F)c3c(c2)CC(=O)N3CC2CC2)C(=O)O1. The number of nitrogens with one attached hydrogen (secondary N) is 1. The molecule has 3 amide bonds. The fourth-order valence-corrected chi connectivity index (χ4v) is 3.72. The van der Waals surface area contributed by atoms with Gasteiger partial charge in [-0.25, -0.2) is 14.0 Å². The monoisotopic (exact) mass is 419 g/mol. The lowest BCUT2D eigenvalue weighted by Crippen LogP contribution is -2.38. The Balaban J connectivity index is 1.43. The van der Waals surface area contributed by atoms with E-state index >= 15 is 0 Å². The molecule has 1 aliphatic carbocycles. The summed E-state index contributed by atoms with van der Waals surface area (Å²) in [4.78, 5) is 39.3. The molecule has 3 aliphatic rings. The third-order valence-corrected chi connectivity index (χ3v) is 5.24. The molecular formula is C21H26FN3O5. The van der Waals surface area contributed by atoms with Crippen LogP contribution in [0.3, 0.4) is 0 Å². The summed E-state index contributed by atoms with van der Waals surface area (Å²) < 4.78 is 25.3. The Hall–Kier alpha value is -2.84. The zero-order valence-electron chi connectivity index (χ0n) is 17.4. The van der Waals surface area contributed by atoms with Crippen LogP contribution in [0.15, 0.2) is 12.1 Å². The summed E-state index contributed by atoms with van der Waals surface area (Å²) in [7, 11) is 0. The minimum absolute atomic E-state index is 0.0816. The number of anilines is 2. The molecule has 0 unspecified atom stereocenters. The van der Waals surface area contributed by atoms with Crippen molar-refractivity contribution in [3.63, 3.8) is 0 Å². The molecule has 1 saturated carbocycles. The summed E-state index contributed by atoms with van der Waals surface area (Å²) >= 11 is 0. The highest BCUT2D eigenvalue weighted by molar-refractivity contribution is 6.02. The van der Waals surface area contributed by atoms with Gasteiger partial charge in [-0.2, -0.15) is 0 Å². The highest BCUT2D eigenvalue weighted by Crippen LogP contribution is 2.39. The normalized spacial score (nSPS) is 21.0. The Morgan fingerprint density at radius 1 is 1.30 bits per heavy atom. The van der Waals surface area contributed by atoms with Gasteiger partial charge in [0.05, 0.1) is 30.9 Å². The molecular weight excluding hydrogens is 393 g/mol. The Morgan fingerprint density at radius 2 is 2.03 bits per heavy atom. The molecule has 1 aromatic carbocycles. The van der Waals surface area contributed by atoms with Crippen molar-refractivity contribution in [1.29, 1.82) is 0 Å². The number of hydrogen-bond donors (Lipinski definition) is 1. The van der Waals surface area contributed by atoms with Gasteiger partial charge in [0.2, 0.25) is 5.91 Å². The van der Waals surface area contributed by atoms with E-state index in [1.807, 2.05) is 0 Å². The summed E-state index contributed by atoms with van der Waals surface area (Å²) in [5.74, 6) is -0.181. The van der Waals surface area contributed by atoms with E-state index in [-0.39, 0.29) is 25.4 Å². The van der Waals surface area contributed by atoms with Crippen LogP contribution in [-0.2, 0) is 20.7 Å². The van der Waals surface area contributed by atoms with Gasteiger partial charge in [0, 0.05) is 6.54 Å². The summed E-state index contributed by atoms with van der Waals surface area (Å²) in [5.41, 5.74) is 0.622. The van der Waals surface area contributed by atoms with Gasteiger partial charge < -0.3 is 19.7 Å². The third kappa shape index (κ3) is 4.34. The minimum atomic E-state index is -0.630. The van der Waals surface area contributed by atoms with Crippen LogP contribution in [0.25, 0.3) is 0 Å². The number of carbonyl (C=O) groups excluding carboxylic acids is 3. The van der Waals surface area contributed by atoms with E-state index in [1.165, 1.54) is 15.9 Å². The average Bonchev–Trinajstić information content (AvgIpc) is 3.28. The Kier molecular flexibility index (Phi) is 5.07. The number of nitrogens with zero attached hydrogens (tertiary/aromatic N) is 2. The second kappa shape index (κ2) is 7.45. The lowest BCUT2D eigenvalue weighted by Gasteiger charge is -2.20. The van der Waals surface area contributed by atoms with Crippen LogP contribution < -0.4 is 15.1 Å². The molecule has 1 N–H and O–H groups in total. The molecule has 9 heteroatoms. The van der Waals surface area contributed by atoms with Crippen LogP contribution in [0.2, 0.25) is 0 Å². The van der Waals surface area contributed by atoms with E-state index in [2.05, 4.69) is 5.32 Å². The van der Waals surface area contributed by atoms with Crippen molar-refractivity contribution < 1.29 is 28.2 Å². The third-order valence-electron chi connectivity index (χ3n) is 5.24. The highest BCUT2D eigenvalue weighted by atomic mass is 19.1. The Morgan fingerprint density at radius 3 is 2.70 bits per heavy atom. The van der Waals surface area contributed by atoms with Gasteiger partial charge >= 0.3 is 12.2 Å². The smallest absolute Gasteiger partial charge is 0.414 e. The van der Waals surface area contributed by atoms with Crippen molar-refractivity contribution in [3.05, 3.63) is 23.5 Å². The van der Waals surface area contributed by atoms with Gasteiger partial charge in [0.1, 0.15) is 17.5 Å². The Labute approximate surface area is 174 Å². The van der Waals surface area contributed by atoms with Crippen molar-refractivity contribution in [2.45, 2.75) is 51.7 Å². The van der Waals surface area contributed by atoms with Crippen LogP contribution in [-0.4, -0.2) is 49.4 Å². The number of ether oxygens (including phenoxy) is 2. The second-order valence-corrected chi connectivity index (χ2v) is 9.06. The fraction of sp³-hybridized carbons (Fsp3) is 0.571. The molecule has 30 heavy (non-hydrogen) atoms. The summed E-state index contributed by atoms with van der Waals surface area (Å²) in [6, 6.07) is 2.94. The topological polar surface area (TPSA) is 88.2 Å². The first-order valence-electron chi connectivity index (χ1n) is 10.2. The van der Waals surface area contributed by atoms with Gasteiger partial charge in [-0.05, 0) is 57.2 Å². The average molecular weight is 419 g/mol. The minimum Gasteiger partial charge on any atom is -0.444 e. The van der Waals surface area contributed by atoms with Crippen molar-refractivity contribution in [1.82, 2.24) is 5.32 Å². The number of alkyl carbamates (subject to hydrolysis) is 1. The van der Waals surface area contributed by atoms with Crippen molar-refractivity contribution in [2.24, 2.45) is 5.92 Å². The number of halogens is 1. The van der Waals surface area contributed by atoms with E-state index in [4.69, 9.17) is 9.47 Å². The van der Waals surface area contributed by atoms with Gasteiger partial charge in [-0.15, -0.1) is 0 Å². The molecule has 1 saturated heterocycles. The number of carbonyl (C=O) groups is 3. The second-order valence-electron chi connectivity index (χ2n) is 9.06. The molecule has 4 rings (SSSR count). The summed E-state index contributed by atoms with van der Waals surface area (Å²) in [6.07, 6.45) is 0.446. The predicted octanol–water partition coefficient (Wildman–Crippen LogP) is 2.97. The standard InChI is InChI=1S/C21H26FN3O5/c1-21(2,3)30-19(27)23-9-15-11-24(20(28)29-15)14-6-13-7-17(26)25(10-12-4-5-12)18(13)16(22)8-14/h6,8,12,15H,4-5,7,9-11H2,1-3H3,(H,23,27)/t15-/m0/s1. The molecule has 0 bridgehead atoms. The van der Waals surface area contributed by atoms with Crippen molar-refractivity contribution in [3.8, 4) is 0 Å². The van der Waals surface area contributed by atoms with Crippen molar-refractivity contribution >= 4 is 29.5 Å². The lowest BCUT2D eigenvalue weighted by atomic mass is 10.1. The maximum atomic E-state index is 14.9. The first-order chi connectivity index (χ1) is 14.1. The van der Waals surface area contributed by atoms with E-state index < -0.39 is 29.7 Å². The zero-order valence-corrected chi connectivity index (χ0v) is 17.4. The van der Waals surface area contributed by atoms with E-state index in [0.29, 0.717) is 29.4 Å². The van der Waals surface area contributed by atoms with Gasteiger partial charge in [-0.3, -0.25) is 9.69 Å². The van der Waals surface area contributed by atoms with Crippen molar-refractivity contribution in [2.75, 3.05) is 29.4 Å². The molecule has 2 fully saturated rings. The maximum absolute atomic E-state index is 14.9. The molecule has 2 aliphatic heterocycles. The first kappa shape index (κ1) is 20.4. The number of cyclic esters (lactones) is 1. The molecule has 162 valence electrons. The number of fused-ring (bicyclic) bond motifs is 1. The Bertz CT molecular complexity index is 893.